The van der Waals surface area contributed by atoms with Gasteiger partial charge in [-0.3, -0.25) is 4.79 Å². The SMILES string of the molecule is C.C=C(C)C(=O)OCCOc1cccc2c(OCCOC(=O)C(C)C)cccc12.C=C(C)C(=O)Oc1cc2ccccc2cc1OC(=O)C(=C)C.C=C(C)C(=O)Oc1ccc2cccc(OC(=O)C(=C)C)c2c1.C=C(C)C(=O)Oc1cccc2c(OC(=O)C(=C)C)cccc12. The molecular weight excluding hydrogens is 1210 g/mol. The van der Waals surface area contributed by atoms with E-state index in [2.05, 4.69) is 46.1 Å². The molecule has 18 heteroatoms. The lowest BCUT2D eigenvalue weighted by Gasteiger charge is -2.13. The molecule has 18 nitrogen and oxygen atoms in total. The molecule has 0 saturated heterocycles. The van der Waals surface area contributed by atoms with Gasteiger partial charge in [-0.05, 0) is 119 Å². The molecule has 0 radical (unpaired) electrons. The molecule has 0 N–H and O–H groups in total. The molecule has 0 aliphatic carbocycles. The average molecular weight is 1290 g/mol. The second kappa shape index (κ2) is 36.4. The van der Waals surface area contributed by atoms with Gasteiger partial charge in [0.05, 0.1) is 5.92 Å². The van der Waals surface area contributed by atoms with Crippen molar-refractivity contribution >= 4 is 90.8 Å². The maximum absolute atomic E-state index is 11.7. The lowest BCUT2D eigenvalue weighted by Crippen LogP contribution is -2.16. The van der Waals surface area contributed by atoms with Crippen molar-refractivity contribution in [3.8, 4) is 46.0 Å². The standard InChI is InChI=1S/C22H26O6.3C18H16O4.CH4/c1-15(2)21(23)27-13-11-25-19-9-5-8-18-17(19)7-6-10-20(18)26-12-14-28-22(24)16(3)4;1-11(2)17(19)21-15-9-5-8-14-13(15)7-6-10-16(14)22-18(20)12(3)4;1-11(2)17(19)21-14-9-8-13-6-5-7-16(15(13)10-14)22-18(20)12(3)4;1-11(2)17(19)21-15-9-13-7-5-6-8-14(13)10-16(15)22-18(20)12(3)4;/h5-10,16H,1,11-14H2,2-4H3;3*5-10H,1,3H2,2,4H3;1H4. The molecule has 0 heterocycles. The summed E-state index contributed by atoms with van der Waals surface area (Å²) in [5, 5.41) is 6.36. The van der Waals surface area contributed by atoms with Crippen molar-refractivity contribution in [1.82, 2.24) is 0 Å². The van der Waals surface area contributed by atoms with Crippen LogP contribution in [0.25, 0.3) is 43.1 Å². The Hall–Kier alpha value is -11.7. The van der Waals surface area contributed by atoms with Gasteiger partial charge in [0.15, 0.2) is 11.5 Å². The molecule has 0 aliphatic rings. The van der Waals surface area contributed by atoms with Crippen molar-refractivity contribution in [1.29, 1.82) is 0 Å². The van der Waals surface area contributed by atoms with Crippen molar-refractivity contribution in [3.63, 3.8) is 0 Å². The lowest BCUT2D eigenvalue weighted by atomic mass is 10.1. The Morgan fingerprint density at radius 3 is 0.979 bits per heavy atom. The van der Waals surface area contributed by atoms with E-state index in [-0.39, 0.29) is 68.4 Å². The third kappa shape index (κ3) is 22.9. The number of fused-ring (bicyclic) bond motifs is 4. The average Bonchev–Trinajstić information content (AvgIpc) is 0.837. The predicted molar refractivity (Wildman–Crippen MR) is 368 cm³/mol. The number of carbonyl (C=O) groups is 8. The molecule has 0 spiro atoms. The fourth-order valence-corrected chi connectivity index (χ4v) is 7.67. The van der Waals surface area contributed by atoms with E-state index < -0.39 is 41.8 Å². The van der Waals surface area contributed by atoms with Crippen LogP contribution in [-0.4, -0.2) is 74.2 Å². The summed E-state index contributed by atoms with van der Waals surface area (Å²) in [5.41, 5.74) is 2.09. The number of esters is 8. The largest absolute Gasteiger partial charge is 0.489 e. The van der Waals surface area contributed by atoms with Crippen LogP contribution in [0.3, 0.4) is 0 Å². The van der Waals surface area contributed by atoms with Gasteiger partial charge in [0.25, 0.3) is 0 Å². The third-order valence-corrected chi connectivity index (χ3v) is 12.6. The molecule has 0 aromatic heterocycles. The molecule has 494 valence electrons. The van der Waals surface area contributed by atoms with E-state index in [0.717, 1.165) is 26.9 Å². The van der Waals surface area contributed by atoms with Gasteiger partial charge in [0, 0.05) is 65.9 Å². The molecule has 8 aromatic rings. The van der Waals surface area contributed by atoms with E-state index in [9.17, 15) is 38.4 Å². The smallest absolute Gasteiger partial charge is 0.338 e. The Balaban J connectivity index is 0.000000270. The summed E-state index contributed by atoms with van der Waals surface area (Å²) in [6.45, 7) is 40.2. The highest BCUT2D eigenvalue weighted by Gasteiger charge is 2.19. The van der Waals surface area contributed by atoms with Gasteiger partial charge < -0.3 is 47.4 Å². The molecule has 0 unspecified atom stereocenters. The molecule has 0 saturated carbocycles. The summed E-state index contributed by atoms with van der Waals surface area (Å²) < 4.78 is 53.3. The molecule has 95 heavy (non-hydrogen) atoms. The zero-order valence-corrected chi connectivity index (χ0v) is 54.1. The summed E-state index contributed by atoms with van der Waals surface area (Å²) in [7, 11) is 0. The summed E-state index contributed by atoms with van der Waals surface area (Å²) in [6, 6.07) is 42.9. The predicted octanol–water partition coefficient (Wildman–Crippen LogP) is 16.0. The highest BCUT2D eigenvalue weighted by Crippen LogP contribution is 2.36. The van der Waals surface area contributed by atoms with Gasteiger partial charge in [-0.2, -0.15) is 0 Å². The Morgan fingerprint density at radius 2 is 0.611 bits per heavy atom. The molecule has 0 fully saturated rings. The fraction of sp³-hybridized carbons (Fsp3) is 0.195. The van der Waals surface area contributed by atoms with Crippen LogP contribution in [0.5, 0.6) is 46.0 Å². The molecule has 0 bridgehead atoms. The Morgan fingerprint density at radius 1 is 0.305 bits per heavy atom. The first-order valence-corrected chi connectivity index (χ1v) is 29.2. The van der Waals surface area contributed by atoms with Crippen molar-refractivity contribution in [2.45, 2.75) is 69.7 Å². The third-order valence-electron chi connectivity index (χ3n) is 12.6. The van der Waals surface area contributed by atoms with Crippen molar-refractivity contribution in [3.05, 3.63) is 231 Å². The van der Waals surface area contributed by atoms with Crippen LogP contribution in [0.2, 0.25) is 0 Å². The second-order valence-electron chi connectivity index (χ2n) is 21.5. The minimum absolute atomic E-state index is 0. The lowest BCUT2D eigenvalue weighted by molar-refractivity contribution is -0.148. The highest BCUT2D eigenvalue weighted by molar-refractivity contribution is 6.00. The first-order valence-electron chi connectivity index (χ1n) is 29.2. The molecule has 0 aliphatic heterocycles. The van der Waals surface area contributed by atoms with Crippen molar-refractivity contribution in [2.75, 3.05) is 26.4 Å². The number of hydrogen-bond acceptors (Lipinski definition) is 18. The number of ether oxygens (including phenoxy) is 10. The summed E-state index contributed by atoms with van der Waals surface area (Å²) >= 11 is 0. The van der Waals surface area contributed by atoms with E-state index in [1.807, 2.05) is 66.7 Å². The minimum Gasteiger partial charge on any atom is -0.489 e. The first kappa shape index (κ1) is 75.8. The second-order valence-corrected chi connectivity index (χ2v) is 21.5. The van der Waals surface area contributed by atoms with E-state index >= 15 is 0 Å². The number of rotatable bonds is 22. The van der Waals surface area contributed by atoms with Crippen molar-refractivity contribution < 1.29 is 85.7 Å². The maximum Gasteiger partial charge on any atom is 0.338 e. The summed E-state index contributed by atoms with van der Waals surface area (Å²) in [6.07, 6.45) is 0. The van der Waals surface area contributed by atoms with Crippen LogP contribution in [-0.2, 0) is 47.8 Å². The monoisotopic (exact) mass is 1290 g/mol. The van der Waals surface area contributed by atoms with Crippen molar-refractivity contribution in [2.24, 2.45) is 5.92 Å². The highest BCUT2D eigenvalue weighted by atomic mass is 16.6. The molecule has 0 atom stereocenters. The number of carbonyl (C=O) groups excluding carboxylic acids is 8. The Labute approximate surface area is 552 Å². The van der Waals surface area contributed by atoms with Crippen LogP contribution in [0.1, 0.15) is 69.7 Å². The van der Waals surface area contributed by atoms with Gasteiger partial charge >= 0.3 is 47.8 Å². The van der Waals surface area contributed by atoms with E-state index in [1.165, 1.54) is 0 Å². The summed E-state index contributed by atoms with van der Waals surface area (Å²) in [4.78, 5) is 93.0. The van der Waals surface area contributed by atoms with Gasteiger partial charge in [0.1, 0.15) is 60.9 Å². The van der Waals surface area contributed by atoms with E-state index in [4.69, 9.17) is 47.4 Å². The normalized spacial score (nSPS) is 10.1. The Kier molecular flexibility index (Phi) is 29.0. The van der Waals surface area contributed by atoms with Crippen LogP contribution in [0.4, 0.5) is 0 Å². The maximum atomic E-state index is 11.7. The van der Waals surface area contributed by atoms with E-state index in [0.29, 0.717) is 78.5 Å². The zero-order valence-electron chi connectivity index (χ0n) is 54.1. The van der Waals surface area contributed by atoms with Gasteiger partial charge in [-0.25, -0.2) is 33.6 Å². The zero-order chi connectivity index (χ0) is 69.3. The molecule has 0 amide bonds. The van der Waals surface area contributed by atoms with Gasteiger partial charge in [-0.15, -0.1) is 0 Å². The summed E-state index contributed by atoms with van der Waals surface area (Å²) in [5.74, 6) is -0.810. The molecule has 8 aromatic carbocycles. The van der Waals surface area contributed by atoms with Crippen LogP contribution >= 0.6 is 0 Å². The minimum atomic E-state index is -0.581. The Bertz CT molecular complexity index is 4110. The van der Waals surface area contributed by atoms with Gasteiger partial charge in [-0.1, -0.05) is 158 Å². The quantitative estimate of drug-likeness (QED) is 0.0266. The molecule has 8 rings (SSSR count). The fourth-order valence-electron chi connectivity index (χ4n) is 7.67. The van der Waals surface area contributed by atoms with Crippen LogP contribution < -0.4 is 37.9 Å². The molecular formula is C77H78O18. The number of benzene rings is 8. The first-order chi connectivity index (χ1) is 44.6. The number of hydrogen-bond donors (Lipinski definition) is 0. The van der Waals surface area contributed by atoms with Gasteiger partial charge in [0.2, 0.25) is 0 Å². The van der Waals surface area contributed by atoms with Crippen LogP contribution in [0, 0.1) is 5.92 Å². The topological polar surface area (TPSA) is 229 Å². The van der Waals surface area contributed by atoms with E-state index in [1.54, 1.807) is 141 Å². The van der Waals surface area contributed by atoms with Crippen LogP contribution in [0.15, 0.2) is 231 Å².